The van der Waals surface area contributed by atoms with Crippen molar-refractivity contribution >= 4 is 21.3 Å². The lowest BCUT2D eigenvalue weighted by Crippen LogP contribution is -2.67. The molecule has 1 amide bonds. The lowest BCUT2D eigenvalue weighted by atomic mass is 9.41. The van der Waals surface area contributed by atoms with Crippen LogP contribution in [0.4, 0.5) is 32.0 Å². The van der Waals surface area contributed by atoms with E-state index < -0.39 is 79.3 Å². The van der Waals surface area contributed by atoms with Crippen molar-refractivity contribution in [1.82, 2.24) is 9.78 Å². The summed E-state index contributed by atoms with van der Waals surface area (Å²) in [5, 5.41) is 6.63. The minimum atomic E-state index is -3.50. The summed E-state index contributed by atoms with van der Waals surface area (Å²) in [6.45, 7) is 1.32. The number of anilines is 1. The number of halogens is 6. The van der Waals surface area contributed by atoms with Gasteiger partial charge in [-0.2, -0.15) is 5.10 Å². The summed E-state index contributed by atoms with van der Waals surface area (Å²) < 4.78 is 105. The van der Waals surface area contributed by atoms with Crippen LogP contribution in [-0.4, -0.2) is 37.7 Å². The summed E-state index contributed by atoms with van der Waals surface area (Å²) in [5.74, 6) is -4.88. The van der Waals surface area contributed by atoms with Crippen molar-refractivity contribution in [3.8, 4) is 0 Å². The van der Waals surface area contributed by atoms with Gasteiger partial charge >= 0.3 is 0 Å². The molecule has 1 heterocycles. The topological polar surface area (TPSA) is 87.8 Å². The second-order valence-electron chi connectivity index (χ2n) is 11.0. The Morgan fingerprint density at radius 3 is 2.31 bits per heavy atom. The van der Waals surface area contributed by atoms with Crippen molar-refractivity contribution in [2.24, 2.45) is 5.41 Å². The Labute approximate surface area is 203 Å². The molecule has 4 saturated carbocycles. The number of amides is 1. The predicted molar refractivity (Wildman–Crippen MR) is 118 cm³/mol. The van der Waals surface area contributed by atoms with E-state index >= 15 is 0 Å². The third-order valence-corrected chi connectivity index (χ3v) is 8.55. The quantitative estimate of drug-likeness (QED) is 0.439. The van der Waals surface area contributed by atoms with Crippen LogP contribution in [0.5, 0.6) is 0 Å². The number of carbonyl (C=O) groups excluding carboxylic acids is 1. The predicted octanol–water partition coefficient (Wildman–Crippen LogP) is 5.83. The fraction of sp³-hybridized carbons (Fsp3) is 0.565. The van der Waals surface area contributed by atoms with Gasteiger partial charge in [0.25, 0.3) is 12.3 Å². The number of benzene rings is 1. The second kappa shape index (κ2) is 7.48. The van der Waals surface area contributed by atoms with E-state index in [0.29, 0.717) is 0 Å². The second-order valence-corrected chi connectivity index (χ2v) is 13.1. The molecule has 0 aliphatic heterocycles. The van der Waals surface area contributed by atoms with E-state index in [1.165, 1.54) is 0 Å². The number of carbonyl (C=O) groups is 1. The molecular weight excluding hydrogens is 510 g/mol. The number of nitrogens with zero attached hydrogens (tertiary/aromatic N) is 2. The normalized spacial score (nSPS) is 29.0. The summed E-state index contributed by atoms with van der Waals surface area (Å²) in [6.07, 6.45) is -3.16. The minimum absolute atomic E-state index is 0.00279. The number of aromatic nitrogens is 2. The molecule has 1 atom stereocenters. The third kappa shape index (κ3) is 3.99. The number of nitrogens with one attached hydrogen (secondary N) is 2. The highest BCUT2D eigenvalue weighted by Gasteiger charge is 2.72. The van der Waals surface area contributed by atoms with Crippen LogP contribution < -0.4 is 5.32 Å². The lowest BCUT2D eigenvalue weighted by Gasteiger charge is -2.65. The fourth-order valence-corrected chi connectivity index (χ4v) is 6.88. The molecule has 36 heavy (non-hydrogen) atoms. The molecule has 4 aliphatic carbocycles. The van der Waals surface area contributed by atoms with Crippen LogP contribution in [-0.2, 0) is 21.7 Å². The summed E-state index contributed by atoms with van der Waals surface area (Å²) in [4.78, 5) is 12.8. The van der Waals surface area contributed by atoms with Crippen LogP contribution in [0.1, 0.15) is 67.2 Å². The fourth-order valence-electron chi connectivity index (χ4n) is 6.08. The molecule has 0 saturated heterocycles. The Morgan fingerprint density at radius 1 is 1.19 bits per heavy atom. The van der Waals surface area contributed by atoms with Crippen molar-refractivity contribution in [1.29, 1.82) is 4.78 Å². The van der Waals surface area contributed by atoms with Gasteiger partial charge in [0.1, 0.15) is 17.2 Å². The zero-order chi connectivity index (χ0) is 26.5. The SMILES string of the molecule is CC1(Cn2nc(C34CC(F)(C3)C4)c(C(F)F)c2C(=O)Nc2ccc(F)c([S@@](C)(=N)=O)c2)CC(F)(F)C1. The average molecular weight is 535 g/mol. The highest BCUT2D eigenvalue weighted by atomic mass is 32.2. The van der Waals surface area contributed by atoms with Crippen molar-refractivity contribution in [3.63, 3.8) is 0 Å². The smallest absolute Gasteiger partial charge is 0.274 e. The van der Waals surface area contributed by atoms with Gasteiger partial charge in [-0.1, -0.05) is 6.92 Å². The van der Waals surface area contributed by atoms with Gasteiger partial charge in [0.2, 0.25) is 5.92 Å². The Balaban J connectivity index is 1.55. The lowest BCUT2D eigenvalue weighted by molar-refractivity contribution is -0.164. The molecule has 4 aliphatic rings. The Morgan fingerprint density at radius 2 is 1.81 bits per heavy atom. The van der Waals surface area contributed by atoms with Crippen LogP contribution in [0.3, 0.4) is 0 Å². The highest BCUT2D eigenvalue weighted by Crippen LogP contribution is 2.70. The Bertz CT molecular complexity index is 1360. The molecule has 13 heteroatoms. The van der Waals surface area contributed by atoms with Gasteiger partial charge in [0.05, 0.1) is 25.9 Å². The van der Waals surface area contributed by atoms with Crippen LogP contribution >= 0.6 is 0 Å². The first-order valence-electron chi connectivity index (χ1n) is 11.3. The zero-order valence-corrected chi connectivity index (χ0v) is 20.3. The van der Waals surface area contributed by atoms with Crippen LogP contribution in [0.2, 0.25) is 0 Å². The van der Waals surface area contributed by atoms with E-state index in [-0.39, 0.29) is 37.2 Å². The molecule has 1 aromatic heterocycles. The van der Waals surface area contributed by atoms with Gasteiger partial charge in [-0.25, -0.2) is 35.3 Å². The monoisotopic (exact) mass is 534 g/mol. The highest BCUT2D eigenvalue weighted by molar-refractivity contribution is 7.91. The minimum Gasteiger partial charge on any atom is -0.321 e. The molecule has 196 valence electrons. The van der Waals surface area contributed by atoms with Crippen molar-refractivity contribution in [2.45, 2.75) is 73.9 Å². The summed E-state index contributed by atoms with van der Waals surface area (Å²) in [6, 6.07) is 2.99. The van der Waals surface area contributed by atoms with Gasteiger partial charge in [-0.05, 0) is 42.9 Å². The van der Waals surface area contributed by atoms with Crippen molar-refractivity contribution in [3.05, 3.63) is 41.0 Å². The number of alkyl halides is 5. The number of hydrogen-bond donors (Lipinski definition) is 2. The van der Waals surface area contributed by atoms with Crippen molar-refractivity contribution < 1.29 is 35.3 Å². The summed E-state index contributed by atoms with van der Waals surface area (Å²) >= 11 is 0. The maximum absolute atomic E-state index is 14.4. The van der Waals surface area contributed by atoms with E-state index in [2.05, 4.69) is 10.4 Å². The molecule has 0 spiro atoms. The first-order valence-corrected chi connectivity index (χ1v) is 13.2. The largest absolute Gasteiger partial charge is 0.321 e. The van der Waals surface area contributed by atoms with Gasteiger partial charge in [-0.3, -0.25) is 9.48 Å². The summed E-state index contributed by atoms with van der Waals surface area (Å²) in [7, 11) is -3.50. The maximum atomic E-state index is 14.4. The van der Waals surface area contributed by atoms with E-state index in [0.717, 1.165) is 29.1 Å². The molecule has 0 radical (unpaired) electrons. The molecular formula is C23H24F6N4O2S. The van der Waals surface area contributed by atoms with Crippen molar-refractivity contribution in [2.75, 3.05) is 11.6 Å². The van der Waals surface area contributed by atoms with Gasteiger partial charge in [-0.15, -0.1) is 0 Å². The number of hydrogen-bond acceptors (Lipinski definition) is 4. The first kappa shape index (κ1) is 25.1. The number of rotatable bonds is 7. The molecule has 4 fully saturated rings. The van der Waals surface area contributed by atoms with Gasteiger partial charge in [0.15, 0.2) is 0 Å². The van der Waals surface area contributed by atoms with Gasteiger partial charge < -0.3 is 5.32 Å². The Kier molecular flexibility index (Phi) is 5.22. The molecule has 2 bridgehead atoms. The van der Waals surface area contributed by atoms with E-state index in [1.807, 2.05) is 0 Å². The van der Waals surface area contributed by atoms with Crippen LogP contribution in [0.15, 0.2) is 23.1 Å². The maximum Gasteiger partial charge on any atom is 0.274 e. The van der Waals surface area contributed by atoms with E-state index in [9.17, 15) is 35.3 Å². The molecule has 2 aromatic rings. The molecule has 2 N–H and O–H groups in total. The first-order chi connectivity index (χ1) is 16.5. The van der Waals surface area contributed by atoms with E-state index in [1.54, 1.807) is 6.92 Å². The molecule has 6 rings (SSSR count). The average Bonchev–Trinajstić information content (AvgIpc) is 3.02. The van der Waals surface area contributed by atoms with Crippen LogP contribution in [0.25, 0.3) is 0 Å². The molecule has 0 unspecified atom stereocenters. The molecule has 1 aromatic carbocycles. The Hall–Kier alpha value is -2.57. The van der Waals surface area contributed by atoms with Crippen LogP contribution in [0, 0.1) is 16.0 Å². The van der Waals surface area contributed by atoms with E-state index in [4.69, 9.17) is 4.78 Å². The summed E-state index contributed by atoms with van der Waals surface area (Å²) in [5.41, 5.74) is -4.75. The zero-order valence-electron chi connectivity index (χ0n) is 19.4. The standard InChI is InChI=1S/C23H24F6N4O2S/c1-20(6-23(28,29)7-20)11-33-16(15(18(25)26)17(32-33)21-8-22(27,9-21)10-21)19(34)31-12-3-4-13(24)14(5-12)36(2,30)35/h3-5,18,30H,6-11H2,1-2H3,(H,31,34)/t21?,22?,36-/m0/s1. The third-order valence-electron chi connectivity index (χ3n) is 7.40. The molecule has 6 nitrogen and oxygen atoms in total. The van der Waals surface area contributed by atoms with Gasteiger partial charge in [0, 0.05) is 36.7 Å².